The number of rotatable bonds is 1. The Kier molecular flexibility index (Phi) is 3.08. The zero-order valence-electron chi connectivity index (χ0n) is 14.8. The first-order valence-corrected chi connectivity index (χ1v) is 9.00. The summed E-state index contributed by atoms with van der Waals surface area (Å²) in [7, 11) is 0. The molecule has 4 heteroatoms. The maximum atomic E-state index is 12.9. The summed E-state index contributed by atoms with van der Waals surface area (Å²) in [4.78, 5) is 12.9. The fourth-order valence-electron chi connectivity index (χ4n) is 5.60. The molecule has 4 aliphatic rings. The Morgan fingerprint density at radius 2 is 1.96 bits per heavy atom. The molecule has 5 rings (SSSR count). The molecule has 2 heterocycles. The van der Waals surface area contributed by atoms with Crippen LogP contribution in [0.3, 0.4) is 0 Å². The third kappa shape index (κ3) is 1.72. The van der Waals surface area contributed by atoms with Crippen LogP contribution in [-0.4, -0.2) is 16.2 Å². The topological polar surface area (TPSA) is 66.8 Å². The van der Waals surface area contributed by atoms with Gasteiger partial charge in [0.2, 0.25) is 0 Å². The van der Waals surface area contributed by atoms with Gasteiger partial charge < -0.3 is 14.9 Å². The van der Waals surface area contributed by atoms with Crippen LogP contribution < -0.4 is 0 Å². The van der Waals surface area contributed by atoms with E-state index in [-0.39, 0.29) is 34.7 Å². The number of aromatic hydroxyl groups is 2. The van der Waals surface area contributed by atoms with Crippen molar-refractivity contribution >= 4 is 5.97 Å². The van der Waals surface area contributed by atoms with E-state index in [1.54, 1.807) is 6.07 Å². The molecule has 2 N–H and O–H groups in total. The van der Waals surface area contributed by atoms with Gasteiger partial charge in [-0.2, -0.15) is 0 Å². The molecule has 0 amide bonds. The van der Waals surface area contributed by atoms with E-state index in [4.69, 9.17) is 4.74 Å². The quantitative estimate of drug-likeness (QED) is 0.595. The summed E-state index contributed by atoms with van der Waals surface area (Å²) in [6, 6.07) is 1.65. The first kappa shape index (κ1) is 15.8. The van der Waals surface area contributed by atoms with Crippen LogP contribution in [0.25, 0.3) is 0 Å². The molecule has 0 radical (unpaired) electrons. The first-order chi connectivity index (χ1) is 11.2. The van der Waals surface area contributed by atoms with Crippen molar-refractivity contribution in [2.45, 2.75) is 70.8 Å². The Morgan fingerprint density at radius 1 is 1.25 bits per heavy atom. The van der Waals surface area contributed by atoms with Crippen LogP contribution in [-0.2, 0) is 14.9 Å². The van der Waals surface area contributed by atoms with Crippen molar-refractivity contribution in [2.75, 3.05) is 0 Å². The fraction of sp³-hybridized carbons (Fsp3) is 0.650. The molecular formula is C20H26O4. The van der Waals surface area contributed by atoms with Crippen LogP contribution >= 0.6 is 0 Å². The molecule has 130 valence electrons. The van der Waals surface area contributed by atoms with Crippen molar-refractivity contribution in [1.82, 2.24) is 0 Å². The number of ether oxygens (including phenoxy) is 1. The number of hydrogen-bond donors (Lipinski definition) is 2. The van der Waals surface area contributed by atoms with Gasteiger partial charge in [-0.25, -0.2) is 0 Å². The van der Waals surface area contributed by atoms with Gasteiger partial charge in [0.05, 0.1) is 0 Å². The van der Waals surface area contributed by atoms with Crippen LogP contribution in [0.15, 0.2) is 6.07 Å². The van der Waals surface area contributed by atoms with E-state index in [9.17, 15) is 15.0 Å². The number of esters is 1. The minimum Gasteiger partial charge on any atom is -0.508 e. The summed E-state index contributed by atoms with van der Waals surface area (Å²) < 4.78 is 5.73. The van der Waals surface area contributed by atoms with Gasteiger partial charge in [-0.15, -0.1) is 0 Å². The van der Waals surface area contributed by atoms with Gasteiger partial charge in [0, 0.05) is 16.7 Å². The summed E-state index contributed by atoms with van der Waals surface area (Å²) in [5, 5.41) is 21.7. The Labute approximate surface area is 142 Å². The summed E-state index contributed by atoms with van der Waals surface area (Å²) >= 11 is 0. The van der Waals surface area contributed by atoms with Crippen LogP contribution in [0.1, 0.15) is 82.1 Å². The average molecular weight is 330 g/mol. The van der Waals surface area contributed by atoms with E-state index in [0.29, 0.717) is 17.5 Å². The molecule has 4 nitrogen and oxygen atoms in total. The van der Waals surface area contributed by atoms with Gasteiger partial charge in [-0.1, -0.05) is 34.1 Å². The van der Waals surface area contributed by atoms with Crippen LogP contribution in [0, 0.1) is 11.3 Å². The Balaban J connectivity index is 2.03. The van der Waals surface area contributed by atoms with Crippen molar-refractivity contribution in [2.24, 2.45) is 11.3 Å². The number of carbonyl (C=O) groups is 1. The highest BCUT2D eigenvalue weighted by atomic mass is 16.5. The van der Waals surface area contributed by atoms with Crippen molar-refractivity contribution in [3.05, 3.63) is 22.8 Å². The zero-order valence-corrected chi connectivity index (χ0v) is 14.8. The molecule has 2 aliphatic heterocycles. The van der Waals surface area contributed by atoms with Crippen molar-refractivity contribution in [3.8, 4) is 11.5 Å². The number of phenols is 2. The maximum absolute atomic E-state index is 12.9. The third-order valence-electron chi connectivity index (χ3n) is 6.73. The van der Waals surface area contributed by atoms with E-state index < -0.39 is 11.5 Å². The molecule has 1 saturated heterocycles. The molecule has 1 spiro atoms. The summed E-state index contributed by atoms with van der Waals surface area (Å²) in [5.74, 6) is 0.379. The second-order valence-electron chi connectivity index (χ2n) is 8.77. The number of fused-ring (bicyclic) bond motifs is 1. The van der Waals surface area contributed by atoms with E-state index >= 15 is 0 Å². The Bertz CT molecular complexity index is 734. The highest BCUT2D eigenvalue weighted by Gasteiger charge is 2.65. The molecule has 3 atom stereocenters. The molecule has 24 heavy (non-hydrogen) atoms. The normalized spacial score (nSPS) is 33.1. The van der Waals surface area contributed by atoms with E-state index in [0.717, 1.165) is 24.8 Å². The second kappa shape index (κ2) is 4.68. The summed E-state index contributed by atoms with van der Waals surface area (Å²) in [6.45, 7) is 8.40. The lowest BCUT2D eigenvalue weighted by molar-refractivity contribution is -0.185. The smallest absolute Gasteiger partial charge is 0.317 e. The lowest BCUT2D eigenvalue weighted by Gasteiger charge is -2.58. The average Bonchev–Trinajstić information content (AvgIpc) is 2.49. The number of phenolic OH excluding ortho intramolecular Hbond substituents is 2. The minimum absolute atomic E-state index is 0.0202. The molecule has 2 bridgehead atoms. The van der Waals surface area contributed by atoms with E-state index in [2.05, 4.69) is 13.8 Å². The molecule has 2 aliphatic carbocycles. The predicted octanol–water partition coefficient (Wildman–Crippen LogP) is 4.29. The fourth-order valence-corrected chi connectivity index (χ4v) is 5.60. The molecule has 0 aromatic heterocycles. The lowest BCUT2D eigenvalue weighted by Crippen LogP contribution is -2.59. The van der Waals surface area contributed by atoms with Gasteiger partial charge in [0.15, 0.2) is 0 Å². The number of benzene rings is 1. The molecule has 2 fully saturated rings. The number of carbonyl (C=O) groups excluding carboxylic acids is 1. The molecule has 1 aromatic rings. The van der Waals surface area contributed by atoms with Crippen molar-refractivity contribution in [1.29, 1.82) is 0 Å². The maximum Gasteiger partial charge on any atom is 0.317 e. The summed E-state index contributed by atoms with van der Waals surface area (Å²) in [6.07, 6.45) is 2.98. The lowest BCUT2D eigenvalue weighted by atomic mass is 9.47. The monoisotopic (exact) mass is 330 g/mol. The third-order valence-corrected chi connectivity index (χ3v) is 6.73. The van der Waals surface area contributed by atoms with Crippen molar-refractivity contribution < 1.29 is 19.7 Å². The SMILES string of the molecule is CC(C)c1cc(O)c2c(c1O)C1CC3C(C)(C)CCC[C@]23C(=O)O1. The standard InChI is InChI=1S/C20H26O4/c1-10(2)11-8-12(21)16-15(17(11)22)13-9-14-19(3,4)6-5-7-20(14,16)18(23)24-13/h8,10,13-14,21-22H,5-7,9H2,1-4H3/t13?,14?,20-/m1/s1. The molecular weight excluding hydrogens is 304 g/mol. The van der Waals surface area contributed by atoms with Crippen molar-refractivity contribution in [3.63, 3.8) is 0 Å². The highest BCUT2D eigenvalue weighted by molar-refractivity contribution is 5.90. The van der Waals surface area contributed by atoms with Gasteiger partial charge in [0.1, 0.15) is 23.0 Å². The van der Waals surface area contributed by atoms with Crippen LogP contribution in [0.4, 0.5) is 0 Å². The zero-order chi connectivity index (χ0) is 17.4. The number of hydrogen-bond acceptors (Lipinski definition) is 4. The Hall–Kier alpha value is -1.71. The van der Waals surface area contributed by atoms with Crippen LogP contribution in [0.5, 0.6) is 11.5 Å². The largest absolute Gasteiger partial charge is 0.508 e. The first-order valence-electron chi connectivity index (χ1n) is 9.00. The second-order valence-corrected chi connectivity index (χ2v) is 8.77. The minimum atomic E-state index is -0.803. The van der Waals surface area contributed by atoms with Gasteiger partial charge in [0.25, 0.3) is 0 Å². The molecule has 2 unspecified atom stereocenters. The van der Waals surface area contributed by atoms with Gasteiger partial charge >= 0.3 is 5.97 Å². The van der Waals surface area contributed by atoms with E-state index in [1.165, 1.54) is 0 Å². The predicted molar refractivity (Wildman–Crippen MR) is 90.1 cm³/mol. The molecule has 1 aromatic carbocycles. The van der Waals surface area contributed by atoms with Crippen LogP contribution in [0.2, 0.25) is 0 Å². The van der Waals surface area contributed by atoms with Gasteiger partial charge in [-0.05, 0) is 42.6 Å². The van der Waals surface area contributed by atoms with E-state index in [1.807, 2.05) is 13.8 Å². The summed E-state index contributed by atoms with van der Waals surface area (Å²) in [5.41, 5.74) is 1.25. The highest BCUT2D eigenvalue weighted by Crippen LogP contribution is 2.66. The Morgan fingerprint density at radius 3 is 2.62 bits per heavy atom. The van der Waals surface area contributed by atoms with Gasteiger partial charge in [-0.3, -0.25) is 4.79 Å². The molecule has 1 saturated carbocycles.